The van der Waals surface area contributed by atoms with Crippen LogP contribution in [0.3, 0.4) is 0 Å². The Kier molecular flexibility index (Phi) is 6.90. The largest absolute Gasteiger partial charge is 0.497 e. The quantitative estimate of drug-likeness (QED) is 0.290. The first-order valence-corrected chi connectivity index (χ1v) is 11.0. The molecule has 1 heterocycles. The summed E-state index contributed by atoms with van der Waals surface area (Å²) in [7, 11) is 6.41. The van der Waals surface area contributed by atoms with E-state index in [9.17, 15) is 0 Å². The molecule has 0 spiro atoms. The molecule has 0 fully saturated rings. The van der Waals surface area contributed by atoms with Crippen LogP contribution in [-0.2, 0) is 0 Å². The van der Waals surface area contributed by atoms with E-state index in [4.69, 9.17) is 23.9 Å². The van der Waals surface area contributed by atoms with Crippen molar-refractivity contribution in [2.45, 2.75) is 0 Å². The van der Waals surface area contributed by atoms with Crippen LogP contribution in [0.2, 0.25) is 0 Å². The molecule has 1 aromatic heterocycles. The molecule has 0 aliphatic carbocycles. The maximum atomic E-state index is 5.44. The molecule has 0 amide bonds. The fourth-order valence-electron chi connectivity index (χ4n) is 3.40. The molecule has 0 unspecified atom stereocenters. The van der Waals surface area contributed by atoms with Crippen LogP contribution in [0.5, 0.6) is 23.0 Å². The molecule has 0 atom stereocenters. The second-order valence-electron chi connectivity index (χ2n) is 6.99. The summed E-state index contributed by atoms with van der Waals surface area (Å²) in [6.45, 7) is 0. The Hall–Kier alpha value is -3.84. The van der Waals surface area contributed by atoms with Gasteiger partial charge in [0.25, 0.3) is 0 Å². The van der Waals surface area contributed by atoms with Crippen molar-refractivity contribution in [2.75, 3.05) is 28.4 Å². The zero-order valence-electron chi connectivity index (χ0n) is 18.9. The summed E-state index contributed by atoms with van der Waals surface area (Å²) in [4.78, 5) is 10.5. The van der Waals surface area contributed by atoms with Gasteiger partial charge < -0.3 is 18.9 Å². The molecule has 0 aliphatic heterocycles. The van der Waals surface area contributed by atoms with E-state index in [-0.39, 0.29) is 0 Å². The van der Waals surface area contributed by atoms with Crippen molar-refractivity contribution in [3.63, 3.8) is 0 Å². The van der Waals surface area contributed by atoms with Crippen LogP contribution in [0.4, 0.5) is 5.13 Å². The van der Waals surface area contributed by atoms with Crippen LogP contribution < -0.4 is 18.9 Å². The third kappa shape index (κ3) is 4.83. The summed E-state index contributed by atoms with van der Waals surface area (Å²) in [5.74, 6) is 2.48. The van der Waals surface area contributed by atoms with Gasteiger partial charge in [-0.05, 0) is 42.0 Å². The minimum atomic E-state index is 0.541. The van der Waals surface area contributed by atoms with Crippen molar-refractivity contribution in [3.8, 4) is 44.7 Å². The standard InChI is InChI=1S/C26H24N2O4S/c1-29-20-12-10-18(11-13-20)23-25(19-8-6-5-7-9-19)33-26(28-23)27-16-17-14-21(30-2)24(32-4)22(15-17)31-3/h5-16H,1-4H3. The number of benzene rings is 3. The fraction of sp³-hybridized carbons (Fsp3) is 0.154. The molecule has 3 aromatic carbocycles. The molecule has 168 valence electrons. The van der Waals surface area contributed by atoms with Gasteiger partial charge in [-0.2, -0.15) is 0 Å². The van der Waals surface area contributed by atoms with Crippen LogP contribution in [0.25, 0.3) is 21.7 Å². The van der Waals surface area contributed by atoms with Gasteiger partial charge in [0.1, 0.15) is 5.75 Å². The normalized spacial score (nSPS) is 10.9. The Morgan fingerprint density at radius 1 is 0.758 bits per heavy atom. The third-order valence-corrected chi connectivity index (χ3v) is 6.04. The Bertz CT molecular complexity index is 1230. The van der Waals surface area contributed by atoms with Crippen molar-refractivity contribution in [1.29, 1.82) is 0 Å². The topological polar surface area (TPSA) is 62.2 Å². The molecule has 0 radical (unpaired) electrons. The summed E-state index contributed by atoms with van der Waals surface area (Å²) in [5, 5.41) is 0.647. The highest BCUT2D eigenvalue weighted by Gasteiger charge is 2.16. The average Bonchev–Trinajstić information content (AvgIpc) is 3.31. The van der Waals surface area contributed by atoms with E-state index in [1.165, 1.54) is 11.3 Å². The molecule has 0 aliphatic rings. The monoisotopic (exact) mass is 460 g/mol. The van der Waals surface area contributed by atoms with Gasteiger partial charge in [0.2, 0.25) is 10.9 Å². The Morgan fingerprint density at radius 3 is 2.00 bits per heavy atom. The Morgan fingerprint density at radius 2 is 1.42 bits per heavy atom. The van der Waals surface area contributed by atoms with E-state index in [1.54, 1.807) is 34.7 Å². The van der Waals surface area contributed by atoms with Crippen molar-refractivity contribution >= 4 is 22.7 Å². The van der Waals surface area contributed by atoms with Crippen LogP contribution in [0.15, 0.2) is 71.7 Å². The number of nitrogens with zero attached hydrogens (tertiary/aromatic N) is 2. The number of aliphatic imine (C=N–C) groups is 1. The first-order chi connectivity index (χ1) is 16.2. The lowest BCUT2D eigenvalue weighted by molar-refractivity contribution is 0.324. The van der Waals surface area contributed by atoms with Crippen LogP contribution in [-0.4, -0.2) is 39.6 Å². The van der Waals surface area contributed by atoms with Crippen LogP contribution >= 0.6 is 11.3 Å². The van der Waals surface area contributed by atoms with Crippen molar-refractivity contribution < 1.29 is 18.9 Å². The van der Waals surface area contributed by atoms with E-state index >= 15 is 0 Å². The van der Waals surface area contributed by atoms with Crippen LogP contribution in [0, 0.1) is 0 Å². The third-order valence-electron chi connectivity index (χ3n) is 5.03. The molecule has 6 nitrogen and oxygen atoms in total. The molecule has 33 heavy (non-hydrogen) atoms. The molecular formula is C26H24N2O4S. The minimum Gasteiger partial charge on any atom is -0.497 e. The smallest absolute Gasteiger partial charge is 0.210 e. The van der Waals surface area contributed by atoms with Gasteiger partial charge in [0.05, 0.1) is 39.0 Å². The highest BCUT2D eigenvalue weighted by molar-refractivity contribution is 7.19. The summed E-state index contributed by atoms with van der Waals surface area (Å²) >= 11 is 1.54. The van der Waals surface area contributed by atoms with E-state index in [1.807, 2.05) is 54.6 Å². The van der Waals surface area contributed by atoms with Gasteiger partial charge in [-0.15, -0.1) is 0 Å². The molecule has 4 aromatic rings. The van der Waals surface area contributed by atoms with Gasteiger partial charge in [-0.1, -0.05) is 41.7 Å². The minimum absolute atomic E-state index is 0.541. The first kappa shape index (κ1) is 22.4. The maximum Gasteiger partial charge on any atom is 0.210 e. The SMILES string of the molecule is COc1ccc(-c2nc(N=Cc3cc(OC)c(OC)c(OC)c3)sc2-c2ccccc2)cc1. The lowest BCUT2D eigenvalue weighted by Crippen LogP contribution is -1.96. The average molecular weight is 461 g/mol. The number of thiazole rings is 1. The predicted molar refractivity (Wildman–Crippen MR) is 133 cm³/mol. The lowest BCUT2D eigenvalue weighted by Gasteiger charge is -2.12. The molecule has 0 saturated heterocycles. The van der Waals surface area contributed by atoms with Crippen molar-refractivity contribution in [2.24, 2.45) is 4.99 Å². The van der Waals surface area contributed by atoms with Gasteiger partial charge in [0, 0.05) is 17.3 Å². The molecule has 4 rings (SSSR count). The van der Waals surface area contributed by atoms with Gasteiger partial charge >= 0.3 is 0 Å². The van der Waals surface area contributed by atoms with Gasteiger partial charge in [-0.25, -0.2) is 9.98 Å². The van der Waals surface area contributed by atoms with Crippen LogP contribution in [0.1, 0.15) is 5.56 Å². The highest BCUT2D eigenvalue weighted by Crippen LogP contribution is 2.41. The van der Waals surface area contributed by atoms with Gasteiger partial charge in [-0.3, -0.25) is 0 Å². The van der Waals surface area contributed by atoms with E-state index in [2.05, 4.69) is 17.1 Å². The zero-order valence-corrected chi connectivity index (χ0v) is 19.7. The second kappa shape index (κ2) is 10.2. The Balaban J connectivity index is 1.74. The number of ether oxygens (including phenoxy) is 4. The summed E-state index contributed by atoms with van der Waals surface area (Å²) in [6, 6.07) is 21.8. The number of rotatable bonds is 8. The van der Waals surface area contributed by atoms with Gasteiger partial charge in [0.15, 0.2) is 11.5 Å². The number of hydrogen-bond donors (Lipinski definition) is 0. The molecule has 7 heteroatoms. The number of methoxy groups -OCH3 is 4. The predicted octanol–water partition coefficient (Wildman–Crippen LogP) is 6.26. The highest BCUT2D eigenvalue weighted by atomic mass is 32.1. The molecule has 0 saturated carbocycles. The number of aromatic nitrogens is 1. The van der Waals surface area contributed by atoms with E-state index in [0.29, 0.717) is 22.4 Å². The van der Waals surface area contributed by atoms with E-state index in [0.717, 1.165) is 33.0 Å². The Labute approximate surface area is 197 Å². The van der Waals surface area contributed by atoms with E-state index < -0.39 is 0 Å². The fourth-order valence-corrected chi connectivity index (χ4v) is 4.34. The molecular weight excluding hydrogens is 436 g/mol. The lowest BCUT2D eigenvalue weighted by atomic mass is 10.1. The van der Waals surface area contributed by atoms with Crippen molar-refractivity contribution in [3.05, 3.63) is 72.3 Å². The summed E-state index contributed by atoms with van der Waals surface area (Å²) in [6.07, 6.45) is 1.75. The van der Waals surface area contributed by atoms with Crippen molar-refractivity contribution in [1.82, 2.24) is 4.98 Å². The number of hydrogen-bond acceptors (Lipinski definition) is 7. The summed E-state index contributed by atoms with van der Waals surface area (Å²) < 4.78 is 21.6. The second-order valence-corrected chi connectivity index (χ2v) is 7.96. The maximum absolute atomic E-state index is 5.44. The zero-order chi connectivity index (χ0) is 23.2. The first-order valence-electron chi connectivity index (χ1n) is 10.2. The molecule has 0 bridgehead atoms. The summed E-state index contributed by atoms with van der Waals surface area (Å²) in [5.41, 5.74) is 3.79. The molecule has 0 N–H and O–H groups in total.